The minimum absolute atomic E-state index is 0.0694. The van der Waals surface area contributed by atoms with Gasteiger partial charge in [0.1, 0.15) is 5.82 Å². The quantitative estimate of drug-likeness (QED) is 0.785. The highest BCUT2D eigenvalue weighted by atomic mass is 19.1. The molecule has 2 aromatic rings. The Hall–Kier alpha value is -2.17. The second kappa shape index (κ2) is 5.00. The summed E-state index contributed by atoms with van der Waals surface area (Å²) in [6.45, 7) is 3.56. The fourth-order valence-electron chi connectivity index (χ4n) is 1.59. The normalized spacial score (nSPS) is 10.4. The summed E-state index contributed by atoms with van der Waals surface area (Å²) in [5.74, 6) is -0.423. The first-order valence-corrected chi connectivity index (χ1v) is 5.52. The van der Waals surface area contributed by atoms with E-state index in [1.165, 1.54) is 18.2 Å². The molecule has 0 N–H and O–H groups in total. The second-order valence-corrected chi connectivity index (χ2v) is 3.64. The molecule has 0 atom stereocenters. The third kappa shape index (κ3) is 2.40. The Kier molecular flexibility index (Phi) is 3.41. The highest BCUT2D eigenvalue weighted by Crippen LogP contribution is 2.25. The number of esters is 1. The molecule has 0 unspecified atom stereocenters. The molecule has 0 aliphatic heterocycles. The molecule has 0 spiro atoms. The van der Waals surface area contributed by atoms with Gasteiger partial charge in [-0.15, -0.1) is 0 Å². The molecule has 0 aliphatic carbocycles. The molecule has 18 heavy (non-hydrogen) atoms. The smallest absolute Gasteiger partial charge is 0.360 e. The summed E-state index contributed by atoms with van der Waals surface area (Å²) >= 11 is 0. The highest BCUT2D eigenvalue weighted by molar-refractivity contribution is 5.93. The van der Waals surface area contributed by atoms with E-state index in [1.54, 1.807) is 19.9 Å². The van der Waals surface area contributed by atoms with E-state index in [9.17, 15) is 9.18 Å². The van der Waals surface area contributed by atoms with Crippen molar-refractivity contribution < 1.29 is 18.3 Å². The Morgan fingerprint density at radius 2 is 2.28 bits per heavy atom. The van der Waals surface area contributed by atoms with E-state index < -0.39 is 11.8 Å². The fourth-order valence-corrected chi connectivity index (χ4v) is 1.59. The van der Waals surface area contributed by atoms with Crippen molar-refractivity contribution in [2.75, 3.05) is 6.61 Å². The van der Waals surface area contributed by atoms with Gasteiger partial charge in [-0.1, -0.05) is 12.1 Å². The number of hydrogen-bond acceptors (Lipinski definition) is 4. The predicted molar refractivity (Wildman–Crippen MR) is 62.6 cm³/mol. The number of benzene rings is 1. The topological polar surface area (TPSA) is 52.3 Å². The molecule has 1 heterocycles. The lowest BCUT2D eigenvalue weighted by Crippen LogP contribution is -2.06. The van der Waals surface area contributed by atoms with Crippen molar-refractivity contribution >= 4 is 5.97 Å². The second-order valence-electron chi connectivity index (χ2n) is 3.64. The molecule has 0 aliphatic rings. The van der Waals surface area contributed by atoms with Crippen molar-refractivity contribution in [3.05, 3.63) is 41.7 Å². The van der Waals surface area contributed by atoms with Gasteiger partial charge in [0, 0.05) is 12.5 Å². The standard InChI is InChI=1S/C13H12FNO3/c1-3-17-13(16)11-12(18-8(2)15-11)9-5-4-6-10(14)7-9/h4-7H,3H2,1-2H3. The predicted octanol–water partition coefficient (Wildman–Crippen LogP) is 2.97. The van der Waals surface area contributed by atoms with Crippen molar-refractivity contribution in [3.63, 3.8) is 0 Å². The van der Waals surface area contributed by atoms with Gasteiger partial charge in [-0.25, -0.2) is 14.2 Å². The number of oxazole rings is 1. The molecule has 0 saturated carbocycles. The SMILES string of the molecule is CCOC(=O)c1nc(C)oc1-c1cccc(F)c1. The molecule has 0 radical (unpaired) electrons. The van der Waals surface area contributed by atoms with E-state index >= 15 is 0 Å². The summed E-state index contributed by atoms with van der Waals surface area (Å²) in [6, 6.07) is 5.78. The number of carbonyl (C=O) groups excluding carboxylic acids is 1. The number of aromatic nitrogens is 1. The zero-order chi connectivity index (χ0) is 13.1. The zero-order valence-electron chi connectivity index (χ0n) is 10.1. The van der Waals surface area contributed by atoms with Crippen LogP contribution in [-0.2, 0) is 4.74 Å². The Labute approximate surface area is 103 Å². The van der Waals surface area contributed by atoms with Crippen LogP contribution in [0.1, 0.15) is 23.3 Å². The number of hydrogen-bond donors (Lipinski definition) is 0. The van der Waals surface area contributed by atoms with Gasteiger partial charge in [0.15, 0.2) is 17.3 Å². The summed E-state index contributed by atoms with van der Waals surface area (Å²) in [4.78, 5) is 15.7. The van der Waals surface area contributed by atoms with Crippen LogP contribution in [0.25, 0.3) is 11.3 Å². The van der Waals surface area contributed by atoms with Gasteiger partial charge in [-0.2, -0.15) is 0 Å². The first-order chi connectivity index (χ1) is 8.61. The van der Waals surface area contributed by atoms with Crippen LogP contribution in [0.4, 0.5) is 4.39 Å². The van der Waals surface area contributed by atoms with Crippen LogP contribution < -0.4 is 0 Å². The maximum atomic E-state index is 13.2. The maximum absolute atomic E-state index is 13.2. The molecular formula is C13H12FNO3. The summed E-state index contributed by atoms with van der Waals surface area (Å²) < 4.78 is 23.4. The van der Waals surface area contributed by atoms with Gasteiger partial charge < -0.3 is 9.15 Å². The average molecular weight is 249 g/mol. The van der Waals surface area contributed by atoms with Gasteiger partial charge in [0.25, 0.3) is 0 Å². The summed E-state index contributed by atoms with van der Waals surface area (Å²) in [5, 5.41) is 0. The zero-order valence-corrected chi connectivity index (χ0v) is 10.1. The van der Waals surface area contributed by atoms with Crippen LogP contribution in [0.15, 0.2) is 28.7 Å². The number of carbonyl (C=O) groups is 1. The van der Waals surface area contributed by atoms with Crippen LogP contribution >= 0.6 is 0 Å². The molecule has 2 rings (SSSR count). The summed E-state index contributed by atoms with van der Waals surface area (Å²) in [5.41, 5.74) is 0.526. The van der Waals surface area contributed by atoms with Gasteiger partial charge in [0.05, 0.1) is 6.61 Å². The van der Waals surface area contributed by atoms with Gasteiger partial charge >= 0.3 is 5.97 Å². The van der Waals surface area contributed by atoms with Crippen molar-refractivity contribution in [1.82, 2.24) is 4.98 Å². The van der Waals surface area contributed by atoms with Crippen molar-refractivity contribution in [3.8, 4) is 11.3 Å². The van der Waals surface area contributed by atoms with E-state index in [2.05, 4.69) is 4.98 Å². The Bertz CT molecular complexity index is 577. The molecule has 94 valence electrons. The Morgan fingerprint density at radius 1 is 1.50 bits per heavy atom. The first kappa shape index (κ1) is 12.3. The number of halogens is 1. The first-order valence-electron chi connectivity index (χ1n) is 5.52. The Morgan fingerprint density at radius 3 is 2.94 bits per heavy atom. The van der Waals surface area contributed by atoms with Crippen LogP contribution in [0.2, 0.25) is 0 Å². The van der Waals surface area contributed by atoms with Gasteiger partial charge in [-0.05, 0) is 19.1 Å². The van der Waals surface area contributed by atoms with Crippen molar-refractivity contribution in [1.29, 1.82) is 0 Å². The molecule has 4 nitrogen and oxygen atoms in total. The molecular weight excluding hydrogens is 237 g/mol. The largest absolute Gasteiger partial charge is 0.461 e. The van der Waals surface area contributed by atoms with Crippen LogP contribution in [0.3, 0.4) is 0 Å². The number of aryl methyl sites for hydroxylation is 1. The summed E-state index contributed by atoms with van der Waals surface area (Å²) in [7, 11) is 0. The van der Waals surface area contributed by atoms with Crippen molar-refractivity contribution in [2.24, 2.45) is 0 Å². The summed E-state index contributed by atoms with van der Waals surface area (Å²) in [6.07, 6.45) is 0. The van der Waals surface area contributed by atoms with E-state index in [1.807, 2.05) is 0 Å². The number of ether oxygens (including phenoxy) is 1. The molecule has 0 amide bonds. The molecule has 0 bridgehead atoms. The molecule has 5 heteroatoms. The molecule has 1 aromatic heterocycles. The highest BCUT2D eigenvalue weighted by Gasteiger charge is 2.21. The molecule has 0 saturated heterocycles. The average Bonchev–Trinajstić information content (AvgIpc) is 2.72. The lowest BCUT2D eigenvalue weighted by molar-refractivity contribution is 0.0520. The van der Waals surface area contributed by atoms with E-state index in [0.717, 1.165) is 0 Å². The van der Waals surface area contributed by atoms with Crippen LogP contribution in [0, 0.1) is 12.7 Å². The van der Waals surface area contributed by atoms with Gasteiger partial charge in [-0.3, -0.25) is 0 Å². The fraction of sp³-hybridized carbons (Fsp3) is 0.231. The van der Waals surface area contributed by atoms with Crippen molar-refractivity contribution in [2.45, 2.75) is 13.8 Å². The van der Waals surface area contributed by atoms with E-state index in [-0.39, 0.29) is 18.1 Å². The number of rotatable bonds is 3. The van der Waals surface area contributed by atoms with Gasteiger partial charge in [0.2, 0.25) is 0 Å². The number of nitrogens with zero attached hydrogens (tertiary/aromatic N) is 1. The van der Waals surface area contributed by atoms with Crippen LogP contribution in [-0.4, -0.2) is 17.6 Å². The maximum Gasteiger partial charge on any atom is 0.360 e. The third-order valence-electron chi connectivity index (χ3n) is 2.29. The lowest BCUT2D eigenvalue weighted by atomic mass is 10.1. The van der Waals surface area contributed by atoms with E-state index in [0.29, 0.717) is 11.5 Å². The van der Waals surface area contributed by atoms with Crippen LogP contribution in [0.5, 0.6) is 0 Å². The molecule has 1 aromatic carbocycles. The Balaban J connectivity index is 2.47. The minimum Gasteiger partial charge on any atom is -0.461 e. The lowest BCUT2D eigenvalue weighted by Gasteiger charge is -2.01. The monoisotopic (exact) mass is 249 g/mol. The minimum atomic E-state index is -0.575. The molecule has 0 fully saturated rings. The van der Waals surface area contributed by atoms with E-state index in [4.69, 9.17) is 9.15 Å². The third-order valence-corrected chi connectivity index (χ3v) is 2.29.